The molecule has 2 rings (SSSR count). The Balaban J connectivity index is 2.53. The molecule has 0 fully saturated rings. The zero-order valence-electron chi connectivity index (χ0n) is 11.7. The van der Waals surface area contributed by atoms with Gasteiger partial charge in [0.05, 0.1) is 22.7 Å². The molecule has 1 aromatic carbocycles. The first-order valence-electron chi connectivity index (χ1n) is 6.40. The number of nitrogens with one attached hydrogen (secondary N) is 1. The lowest BCUT2D eigenvalue weighted by molar-refractivity contribution is 0.0699. The first-order valence-corrected chi connectivity index (χ1v) is 6.40. The van der Waals surface area contributed by atoms with Crippen molar-refractivity contribution in [2.75, 3.05) is 5.32 Å². The molecular formula is C15H18N2O3. The Morgan fingerprint density at radius 3 is 2.60 bits per heavy atom. The molecule has 5 heteroatoms. The lowest BCUT2D eigenvalue weighted by Crippen LogP contribution is -2.42. The lowest BCUT2D eigenvalue weighted by atomic mass is 9.98. The van der Waals surface area contributed by atoms with E-state index in [2.05, 4.69) is 10.3 Å². The van der Waals surface area contributed by atoms with Crippen LogP contribution in [0.3, 0.4) is 0 Å². The molecule has 0 aliphatic rings. The Kier molecular flexibility index (Phi) is 3.63. The van der Waals surface area contributed by atoms with Gasteiger partial charge < -0.3 is 15.5 Å². The fourth-order valence-corrected chi connectivity index (χ4v) is 1.85. The maximum atomic E-state index is 11.4. The number of carbonyl (C=O) groups is 1. The third kappa shape index (κ3) is 2.72. The number of aliphatic hydroxyl groups is 1. The fourth-order valence-electron chi connectivity index (χ4n) is 1.85. The standard InChI is InChI=1S/C15H18N2O3/c1-9(18)15(2,3)17-13-8-11(14(19)20)10-6-4-5-7-12(10)16-13/h4-9,18H,1-3H3,(H,16,17)(H,19,20). The topological polar surface area (TPSA) is 82.5 Å². The molecule has 20 heavy (non-hydrogen) atoms. The normalized spacial score (nSPS) is 13.2. The summed E-state index contributed by atoms with van der Waals surface area (Å²) in [4.78, 5) is 15.8. The second kappa shape index (κ2) is 5.09. The van der Waals surface area contributed by atoms with Crippen LogP contribution in [-0.4, -0.2) is 32.8 Å². The molecule has 2 aromatic rings. The molecule has 3 N–H and O–H groups in total. The molecule has 1 aromatic heterocycles. The second-order valence-electron chi connectivity index (χ2n) is 5.40. The van der Waals surface area contributed by atoms with E-state index in [0.717, 1.165) is 0 Å². The number of aromatic carboxylic acids is 1. The minimum absolute atomic E-state index is 0.194. The number of hydrogen-bond donors (Lipinski definition) is 3. The van der Waals surface area contributed by atoms with Gasteiger partial charge in [-0.25, -0.2) is 9.78 Å². The number of fused-ring (bicyclic) bond motifs is 1. The smallest absolute Gasteiger partial charge is 0.336 e. The zero-order chi connectivity index (χ0) is 14.9. The fraction of sp³-hybridized carbons (Fsp3) is 0.333. The predicted octanol–water partition coefficient (Wildman–Crippen LogP) is 2.50. The summed E-state index contributed by atoms with van der Waals surface area (Å²) in [5.74, 6) is -0.562. The van der Waals surface area contributed by atoms with Gasteiger partial charge in [0.2, 0.25) is 0 Å². The van der Waals surface area contributed by atoms with Crippen molar-refractivity contribution in [3.05, 3.63) is 35.9 Å². The summed E-state index contributed by atoms with van der Waals surface area (Å²) < 4.78 is 0. The molecule has 1 atom stereocenters. The van der Waals surface area contributed by atoms with Crippen LogP contribution in [0.5, 0.6) is 0 Å². The van der Waals surface area contributed by atoms with Crippen LogP contribution < -0.4 is 5.32 Å². The molecule has 106 valence electrons. The van der Waals surface area contributed by atoms with Crippen LogP contribution in [0, 0.1) is 0 Å². The summed E-state index contributed by atoms with van der Waals surface area (Å²) in [5, 5.41) is 22.7. The van der Waals surface area contributed by atoms with Gasteiger partial charge >= 0.3 is 5.97 Å². The molecule has 0 radical (unpaired) electrons. The van der Waals surface area contributed by atoms with Crippen LogP contribution in [0.25, 0.3) is 10.9 Å². The van der Waals surface area contributed by atoms with E-state index in [4.69, 9.17) is 0 Å². The van der Waals surface area contributed by atoms with E-state index in [9.17, 15) is 15.0 Å². The predicted molar refractivity (Wildman–Crippen MR) is 78.1 cm³/mol. The average molecular weight is 274 g/mol. The Labute approximate surface area is 117 Å². The molecule has 0 saturated carbocycles. The maximum absolute atomic E-state index is 11.4. The number of nitrogens with zero attached hydrogens (tertiary/aromatic N) is 1. The highest BCUT2D eigenvalue weighted by Crippen LogP contribution is 2.23. The molecule has 0 bridgehead atoms. The molecular weight excluding hydrogens is 256 g/mol. The molecule has 0 saturated heterocycles. The van der Waals surface area contributed by atoms with Gasteiger partial charge in [-0.3, -0.25) is 0 Å². The van der Waals surface area contributed by atoms with Crippen molar-refractivity contribution in [3.63, 3.8) is 0 Å². The van der Waals surface area contributed by atoms with E-state index in [0.29, 0.717) is 16.7 Å². The van der Waals surface area contributed by atoms with Crippen molar-refractivity contribution in [2.24, 2.45) is 0 Å². The van der Waals surface area contributed by atoms with Crippen LogP contribution in [0.4, 0.5) is 5.82 Å². The highest BCUT2D eigenvalue weighted by atomic mass is 16.4. The minimum Gasteiger partial charge on any atom is -0.478 e. The van der Waals surface area contributed by atoms with E-state index in [-0.39, 0.29) is 5.56 Å². The summed E-state index contributed by atoms with van der Waals surface area (Å²) in [7, 11) is 0. The van der Waals surface area contributed by atoms with Gasteiger partial charge in [0.1, 0.15) is 5.82 Å². The SMILES string of the molecule is CC(O)C(C)(C)Nc1cc(C(=O)O)c2ccccc2n1. The summed E-state index contributed by atoms with van der Waals surface area (Å²) in [6.07, 6.45) is -0.607. The van der Waals surface area contributed by atoms with Gasteiger partial charge in [-0.1, -0.05) is 18.2 Å². The van der Waals surface area contributed by atoms with Crippen LogP contribution in [-0.2, 0) is 0 Å². The lowest BCUT2D eigenvalue weighted by Gasteiger charge is -2.30. The van der Waals surface area contributed by atoms with E-state index >= 15 is 0 Å². The summed E-state index contributed by atoms with van der Waals surface area (Å²) in [6.45, 7) is 5.33. The van der Waals surface area contributed by atoms with Gasteiger partial charge in [0, 0.05) is 5.39 Å². The van der Waals surface area contributed by atoms with Gasteiger partial charge in [0.25, 0.3) is 0 Å². The molecule has 0 aliphatic carbocycles. The van der Waals surface area contributed by atoms with E-state index in [1.165, 1.54) is 6.07 Å². The third-order valence-corrected chi connectivity index (χ3v) is 3.44. The average Bonchev–Trinajstić information content (AvgIpc) is 2.37. The highest BCUT2D eigenvalue weighted by molar-refractivity contribution is 6.03. The summed E-state index contributed by atoms with van der Waals surface area (Å²) in [6, 6.07) is 8.58. The summed E-state index contributed by atoms with van der Waals surface area (Å²) in [5.41, 5.74) is 0.196. The zero-order valence-corrected chi connectivity index (χ0v) is 11.7. The Morgan fingerprint density at radius 1 is 1.35 bits per heavy atom. The molecule has 0 aliphatic heterocycles. The van der Waals surface area contributed by atoms with Crippen molar-refractivity contribution >= 4 is 22.7 Å². The van der Waals surface area contributed by atoms with E-state index in [1.54, 1.807) is 25.1 Å². The largest absolute Gasteiger partial charge is 0.478 e. The van der Waals surface area contributed by atoms with Gasteiger partial charge in [0.15, 0.2) is 0 Å². The monoisotopic (exact) mass is 274 g/mol. The Hall–Kier alpha value is -2.14. The molecule has 1 heterocycles. The van der Waals surface area contributed by atoms with Gasteiger partial charge in [-0.05, 0) is 32.9 Å². The number of rotatable bonds is 4. The Bertz CT molecular complexity index is 651. The van der Waals surface area contributed by atoms with Crippen molar-refractivity contribution in [1.29, 1.82) is 0 Å². The van der Waals surface area contributed by atoms with Crippen LogP contribution >= 0.6 is 0 Å². The summed E-state index contributed by atoms with van der Waals surface area (Å²) >= 11 is 0. The number of aliphatic hydroxyl groups excluding tert-OH is 1. The van der Waals surface area contributed by atoms with Crippen molar-refractivity contribution < 1.29 is 15.0 Å². The number of carboxylic acids is 1. The second-order valence-corrected chi connectivity index (χ2v) is 5.40. The van der Waals surface area contributed by atoms with Gasteiger partial charge in [-0.15, -0.1) is 0 Å². The minimum atomic E-state index is -0.999. The first kappa shape index (κ1) is 14.3. The van der Waals surface area contributed by atoms with Crippen LogP contribution in [0.2, 0.25) is 0 Å². The number of benzene rings is 1. The van der Waals surface area contributed by atoms with Gasteiger partial charge in [-0.2, -0.15) is 0 Å². The van der Waals surface area contributed by atoms with Crippen molar-refractivity contribution in [1.82, 2.24) is 4.98 Å². The molecule has 0 spiro atoms. The quantitative estimate of drug-likeness (QED) is 0.798. The number of aromatic nitrogens is 1. The third-order valence-electron chi connectivity index (χ3n) is 3.44. The molecule has 1 unspecified atom stereocenters. The number of pyridine rings is 1. The Morgan fingerprint density at radius 2 is 2.00 bits per heavy atom. The number of carboxylic acid groups (broad SMARTS) is 1. The molecule has 5 nitrogen and oxygen atoms in total. The number of para-hydroxylation sites is 1. The number of hydrogen-bond acceptors (Lipinski definition) is 4. The highest BCUT2D eigenvalue weighted by Gasteiger charge is 2.25. The van der Waals surface area contributed by atoms with Crippen LogP contribution in [0.1, 0.15) is 31.1 Å². The van der Waals surface area contributed by atoms with Crippen LogP contribution in [0.15, 0.2) is 30.3 Å². The van der Waals surface area contributed by atoms with Crippen molar-refractivity contribution in [3.8, 4) is 0 Å². The molecule has 0 amide bonds. The van der Waals surface area contributed by atoms with E-state index < -0.39 is 17.6 Å². The number of anilines is 1. The van der Waals surface area contributed by atoms with Crippen molar-refractivity contribution in [2.45, 2.75) is 32.4 Å². The van der Waals surface area contributed by atoms with E-state index in [1.807, 2.05) is 19.9 Å². The first-order chi connectivity index (χ1) is 9.31. The maximum Gasteiger partial charge on any atom is 0.336 e.